The summed E-state index contributed by atoms with van der Waals surface area (Å²) in [7, 11) is 0. The molecule has 0 aliphatic rings. The first-order valence-corrected chi connectivity index (χ1v) is 3.60. The van der Waals surface area contributed by atoms with Crippen LogP contribution in [0.3, 0.4) is 0 Å². The Hall–Kier alpha value is -0.530. The van der Waals surface area contributed by atoms with Gasteiger partial charge in [0.05, 0.1) is 6.61 Å². The highest BCUT2D eigenvalue weighted by Gasteiger charge is 2.32. The summed E-state index contributed by atoms with van der Waals surface area (Å²) in [5.41, 5.74) is 0. The first kappa shape index (κ1) is 10.6. The largest absolute Gasteiger partial charge is 0.394 e. The van der Waals surface area contributed by atoms with E-state index in [1.54, 1.807) is 0 Å². The van der Waals surface area contributed by atoms with Crippen molar-refractivity contribution in [3.63, 3.8) is 0 Å². The standard InChI is InChI=1S/C7H14O6/c1-3(9)5(11)7(13)6(12)4(10)2-8/h4-8,10-13H,2H2,1H3/t4-,5?,6+,7+/m1/s1/i1D. The fraction of sp³-hybridized carbons (Fsp3) is 0.857. The predicted molar refractivity (Wildman–Crippen MR) is 41.8 cm³/mol. The van der Waals surface area contributed by atoms with Crippen molar-refractivity contribution in [3.05, 3.63) is 0 Å². The summed E-state index contributed by atoms with van der Waals surface area (Å²) < 4.78 is 6.61. The monoisotopic (exact) mass is 195 g/mol. The van der Waals surface area contributed by atoms with Gasteiger partial charge in [0.1, 0.15) is 24.4 Å². The Labute approximate surface area is 76.5 Å². The molecule has 0 aromatic heterocycles. The minimum atomic E-state index is -1.93. The van der Waals surface area contributed by atoms with Gasteiger partial charge in [0.25, 0.3) is 0 Å². The van der Waals surface area contributed by atoms with E-state index < -0.39 is 43.7 Å². The van der Waals surface area contributed by atoms with Crippen LogP contribution in [0.4, 0.5) is 0 Å². The molecule has 4 atom stereocenters. The molecule has 0 saturated carbocycles. The first-order valence-electron chi connectivity index (χ1n) is 4.31. The van der Waals surface area contributed by atoms with Crippen molar-refractivity contribution in [2.75, 3.05) is 6.61 Å². The highest BCUT2D eigenvalue weighted by molar-refractivity contribution is 5.80. The molecule has 13 heavy (non-hydrogen) atoms. The highest BCUT2D eigenvalue weighted by Crippen LogP contribution is 2.05. The van der Waals surface area contributed by atoms with Gasteiger partial charge in [-0.05, 0) is 6.90 Å². The highest BCUT2D eigenvalue weighted by atomic mass is 16.4. The van der Waals surface area contributed by atoms with Crippen LogP contribution in [0.15, 0.2) is 0 Å². The summed E-state index contributed by atoms with van der Waals surface area (Å²) in [5.74, 6) is -0.971. The molecule has 0 amide bonds. The molecule has 5 N–H and O–H groups in total. The van der Waals surface area contributed by atoms with Crippen molar-refractivity contribution < 1.29 is 31.7 Å². The van der Waals surface area contributed by atoms with Crippen molar-refractivity contribution in [1.29, 1.82) is 0 Å². The van der Waals surface area contributed by atoms with Gasteiger partial charge in [-0.25, -0.2) is 0 Å². The fourth-order valence-electron chi connectivity index (χ4n) is 0.713. The van der Waals surface area contributed by atoms with Crippen LogP contribution in [0.25, 0.3) is 0 Å². The van der Waals surface area contributed by atoms with Gasteiger partial charge >= 0.3 is 0 Å². The van der Waals surface area contributed by atoms with Crippen molar-refractivity contribution in [2.45, 2.75) is 31.3 Å². The number of hydrogen-bond acceptors (Lipinski definition) is 6. The van der Waals surface area contributed by atoms with Crippen LogP contribution in [0, 0.1) is 0 Å². The van der Waals surface area contributed by atoms with Gasteiger partial charge in [-0.15, -0.1) is 0 Å². The Morgan fingerprint density at radius 2 is 1.85 bits per heavy atom. The SMILES string of the molecule is [2H]CC(=O)C(O)[C@H](O)[C@@H](O)[C@H](O)CO. The van der Waals surface area contributed by atoms with Gasteiger partial charge in [0.2, 0.25) is 0 Å². The third-order valence-electron chi connectivity index (χ3n) is 1.58. The van der Waals surface area contributed by atoms with Gasteiger partial charge in [-0.3, -0.25) is 4.79 Å². The van der Waals surface area contributed by atoms with E-state index >= 15 is 0 Å². The smallest absolute Gasteiger partial charge is 0.160 e. The number of rotatable bonds is 5. The molecule has 0 aliphatic carbocycles. The second-order valence-electron chi connectivity index (χ2n) is 2.64. The molecule has 0 aromatic carbocycles. The van der Waals surface area contributed by atoms with Crippen LogP contribution in [-0.4, -0.2) is 62.3 Å². The van der Waals surface area contributed by atoms with Crippen molar-refractivity contribution in [2.24, 2.45) is 0 Å². The number of ketones is 1. The van der Waals surface area contributed by atoms with Crippen LogP contribution in [0.1, 0.15) is 8.27 Å². The van der Waals surface area contributed by atoms with E-state index in [-0.39, 0.29) is 0 Å². The molecular formula is C7H14O6. The maximum absolute atomic E-state index is 10.7. The molecule has 0 heterocycles. The predicted octanol–water partition coefficient (Wildman–Crippen LogP) is -2.99. The molecule has 78 valence electrons. The average Bonchev–Trinajstić information content (AvgIpc) is 2.23. The van der Waals surface area contributed by atoms with Crippen LogP contribution < -0.4 is 0 Å². The van der Waals surface area contributed by atoms with E-state index in [9.17, 15) is 4.79 Å². The minimum Gasteiger partial charge on any atom is -0.394 e. The second-order valence-corrected chi connectivity index (χ2v) is 2.64. The van der Waals surface area contributed by atoms with Gasteiger partial charge in [0.15, 0.2) is 5.78 Å². The molecule has 6 nitrogen and oxygen atoms in total. The number of aliphatic hydroxyl groups excluding tert-OH is 5. The summed E-state index contributed by atoms with van der Waals surface area (Å²) in [5, 5.41) is 44.5. The molecule has 6 heteroatoms. The van der Waals surface area contributed by atoms with E-state index in [4.69, 9.17) is 26.9 Å². The van der Waals surface area contributed by atoms with Gasteiger partial charge in [-0.2, -0.15) is 0 Å². The second kappa shape index (κ2) is 5.25. The molecule has 0 saturated heterocycles. The third kappa shape index (κ3) is 3.37. The summed E-state index contributed by atoms with van der Waals surface area (Å²) in [6, 6.07) is 0. The normalized spacial score (nSPS) is 21.5. The zero-order valence-electron chi connectivity index (χ0n) is 7.87. The summed E-state index contributed by atoms with van der Waals surface area (Å²) >= 11 is 0. The Kier molecular flexibility index (Phi) is 4.26. The van der Waals surface area contributed by atoms with Crippen LogP contribution >= 0.6 is 0 Å². The zero-order valence-corrected chi connectivity index (χ0v) is 6.87. The van der Waals surface area contributed by atoms with E-state index in [0.717, 1.165) is 0 Å². The first-order chi connectivity index (χ1) is 6.45. The van der Waals surface area contributed by atoms with Crippen molar-refractivity contribution in [1.82, 2.24) is 0 Å². The molecule has 0 bridgehead atoms. The minimum absolute atomic E-state index is 0.736. The van der Waals surface area contributed by atoms with Crippen molar-refractivity contribution >= 4 is 5.78 Å². The maximum atomic E-state index is 10.7. The summed E-state index contributed by atoms with van der Waals surface area (Å²) in [4.78, 5) is 10.7. The molecular weight excluding hydrogens is 180 g/mol. The number of Topliss-reactive ketones (excluding diaryl/α,β-unsaturated/α-hetero) is 1. The average molecular weight is 195 g/mol. The van der Waals surface area contributed by atoms with Gasteiger partial charge in [-0.1, -0.05) is 0 Å². The lowest BCUT2D eigenvalue weighted by molar-refractivity contribution is -0.145. The summed E-state index contributed by atoms with van der Waals surface area (Å²) in [6.07, 6.45) is -7.30. The van der Waals surface area contributed by atoms with Crippen LogP contribution in [-0.2, 0) is 4.79 Å². The molecule has 0 radical (unpaired) electrons. The maximum Gasteiger partial charge on any atom is 0.160 e. The topological polar surface area (TPSA) is 118 Å². The molecule has 0 spiro atoms. The molecule has 1 unspecified atom stereocenters. The van der Waals surface area contributed by atoms with Crippen LogP contribution in [0.5, 0.6) is 0 Å². The lowest BCUT2D eigenvalue weighted by Gasteiger charge is -2.23. The lowest BCUT2D eigenvalue weighted by Crippen LogP contribution is -2.48. The van der Waals surface area contributed by atoms with Crippen molar-refractivity contribution in [3.8, 4) is 0 Å². The van der Waals surface area contributed by atoms with E-state index in [1.165, 1.54) is 0 Å². The van der Waals surface area contributed by atoms with E-state index in [0.29, 0.717) is 0 Å². The fourth-order valence-corrected chi connectivity index (χ4v) is 0.713. The molecule has 0 fully saturated rings. The van der Waals surface area contributed by atoms with E-state index in [1.807, 2.05) is 0 Å². The Balaban J connectivity index is 4.30. The molecule has 0 rings (SSSR count). The lowest BCUT2D eigenvalue weighted by atomic mass is 10.0. The molecule has 0 aromatic rings. The van der Waals surface area contributed by atoms with Gasteiger partial charge < -0.3 is 25.5 Å². The van der Waals surface area contributed by atoms with Crippen LogP contribution in [0.2, 0.25) is 0 Å². The number of carbonyl (C=O) groups is 1. The Morgan fingerprint density at radius 1 is 1.31 bits per heavy atom. The Bertz CT molecular complexity index is 187. The number of aliphatic hydroxyl groups is 5. The third-order valence-corrected chi connectivity index (χ3v) is 1.58. The number of hydrogen-bond donors (Lipinski definition) is 5. The number of carbonyl (C=O) groups excluding carboxylic acids is 1. The zero-order chi connectivity index (χ0) is 11.3. The Morgan fingerprint density at radius 3 is 2.23 bits per heavy atom. The quantitative estimate of drug-likeness (QED) is 0.319. The van der Waals surface area contributed by atoms with Gasteiger partial charge in [0, 0.05) is 1.37 Å². The van der Waals surface area contributed by atoms with E-state index in [2.05, 4.69) is 0 Å². The summed E-state index contributed by atoms with van der Waals surface area (Å²) in [6.45, 7) is -1.54. The molecule has 0 aliphatic heterocycles.